The topological polar surface area (TPSA) is 64.1 Å². The minimum atomic E-state index is -0.348. The Hall–Kier alpha value is -2.93. The van der Waals surface area contributed by atoms with Gasteiger partial charge in [0.25, 0.3) is 0 Å². The second kappa shape index (κ2) is 8.64. The van der Waals surface area contributed by atoms with Crippen LogP contribution in [0.25, 0.3) is 11.3 Å². The summed E-state index contributed by atoms with van der Waals surface area (Å²) in [5.41, 5.74) is 2.59. The van der Waals surface area contributed by atoms with Crippen molar-refractivity contribution < 1.29 is 13.9 Å². The second-order valence-corrected chi connectivity index (χ2v) is 6.79. The van der Waals surface area contributed by atoms with Gasteiger partial charge in [0.05, 0.1) is 18.6 Å². The number of carbonyl (C=O) groups is 1. The number of ether oxygens (including phenoxy) is 1. The van der Waals surface area contributed by atoms with E-state index in [1.54, 1.807) is 26.2 Å². The number of aryl methyl sites for hydroxylation is 1. The number of nitrogens with one attached hydrogen (secondary N) is 1. The van der Waals surface area contributed by atoms with Gasteiger partial charge >= 0.3 is 0 Å². The van der Waals surface area contributed by atoms with Gasteiger partial charge in [0.1, 0.15) is 16.6 Å². The molecule has 5 nitrogen and oxygen atoms in total. The highest BCUT2D eigenvalue weighted by atomic mass is 32.2. The Morgan fingerprint density at radius 3 is 2.70 bits per heavy atom. The second-order valence-electron chi connectivity index (χ2n) is 5.79. The van der Waals surface area contributed by atoms with Crippen LogP contribution in [0, 0.1) is 12.7 Å². The molecule has 0 aliphatic rings. The van der Waals surface area contributed by atoms with Crippen LogP contribution >= 0.6 is 11.8 Å². The zero-order valence-corrected chi connectivity index (χ0v) is 15.7. The summed E-state index contributed by atoms with van der Waals surface area (Å²) < 4.78 is 18.7. The number of aromatic nitrogens is 2. The Morgan fingerprint density at radius 2 is 2.00 bits per heavy atom. The lowest BCUT2D eigenvalue weighted by Crippen LogP contribution is -2.14. The van der Waals surface area contributed by atoms with Crippen LogP contribution in [0.4, 0.5) is 10.1 Å². The maximum Gasteiger partial charge on any atom is 0.234 e. The number of anilines is 1. The van der Waals surface area contributed by atoms with Gasteiger partial charge in [0, 0.05) is 11.3 Å². The van der Waals surface area contributed by atoms with Gasteiger partial charge in [-0.25, -0.2) is 4.39 Å². The number of hydrogen-bond donors (Lipinski definition) is 1. The predicted octanol–water partition coefficient (Wildman–Crippen LogP) is 4.33. The normalized spacial score (nSPS) is 10.5. The van der Waals surface area contributed by atoms with Crippen LogP contribution in [0.5, 0.6) is 5.75 Å². The van der Waals surface area contributed by atoms with Crippen molar-refractivity contribution in [2.45, 2.75) is 11.9 Å². The van der Waals surface area contributed by atoms with Crippen molar-refractivity contribution in [2.75, 3.05) is 18.2 Å². The molecule has 0 atom stereocenters. The molecule has 1 N–H and O–H groups in total. The molecule has 2 aromatic carbocycles. The first-order chi connectivity index (χ1) is 13.0. The van der Waals surface area contributed by atoms with E-state index in [0.29, 0.717) is 16.3 Å². The van der Waals surface area contributed by atoms with E-state index in [4.69, 9.17) is 4.74 Å². The SMILES string of the molecule is COc1cccc(-c2ccc(SCC(=O)Nc3ccc(C)c(F)c3)nn2)c1. The molecule has 7 heteroatoms. The molecule has 0 fully saturated rings. The summed E-state index contributed by atoms with van der Waals surface area (Å²) in [4.78, 5) is 12.0. The van der Waals surface area contributed by atoms with Crippen LogP contribution in [-0.4, -0.2) is 29.0 Å². The van der Waals surface area contributed by atoms with E-state index in [9.17, 15) is 9.18 Å². The smallest absolute Gasteiger partial charge is 0.234 e. The molecule has 3 rings (SSSR count). The summed E-state index contributed by atoms with van der Waals surface area (Å²) >= 11 is 1.26. The van der Waals surface area contributed by atoms with Crippen molar-refractivity contribution in [3.8, 4) is 17.0 Å². The lowest BCUT2D eigenvalue weighted by molar-refractivity contribution is -0.113. The van der Waals surface area contributed by atoms with Crippen molar-refractivity contribution >= 4 is 23.4 Å². The van der Waals surface area contributed by atoms with Crippen LogP contribution in [0.1, 0.15) is 5.56 Å². The van der Waals surface area contributed by atoms with Gasteiger partial charge in [0.2, 0.25) is 5.91 Å². The maximum atomic E-state index is 13.5. The number of thioether (sulfide) groups is 1. The Balaban J connectivity index is 1.58. The molecule has 0 aliphatic heterocycles. The van der Waals surface area contributed by atoms with Crippen LogP contribution in [0.3, 0.4) is 0 Å². The van der Waals surface area contributed by atoms with Gasteiger partial charge in [-0.1, -0.05) is 30.0 Å². The Morgan fingerprint density at radius 1 is 1.15 bits per heavy atom. The van der Waals surface area contributed by atoms with E-state index in [-0.39, 0.29) is 17.5 Å². The summed E-state index contributed by atoms with van der Waals surface area (Å²) in [6, 6.07) is 15.8. The van der Waals surface area contributed by atoms with Crippen LogP contribution in [-0.2, 0) is 4.79 Å². The van der Waals surface area contributed by atoms with E-state index < -0.39 is 0 Å². The van der Waals surface area contributed by atoms with Crippen LogP contribution < -0.4 is 10.1 Å². The van der Waals surface area contributed by atoms with Gasteiger partial charge in [0.15, 0.2) is 0 Å². The number of benzene rings is 2. The number of methoxy groups -OCH3 is 1. The van der Waals surface area contributed by atoms with E-state index in [1.165, 1.54) is 17.8 Å². The first-order valence-corrected chi connectivity index (χ1v) is 9.20. The van der Waals surface area contributed by atoms with Crippen LogP contribution in [0.2, 0.25) is 0 Å². The highest BCUT2D eigenvalue weighted by molar-refractivity contribution is 7.99. The molecule has 0 saturated carbocycles. The molecular weight excluding hydrogens is 365 g/mol. The summed E-state index contributed by atoms with van der Waals surface area (Å²) in [6.45, 7) is 1.67. The fourth-order valence-electron chi connectivity index (χ4n) is 2.34. The first kappa shape index (κ1) is 18.8. The number of hydrogen-bond acceptors (Lipinski definition) is 5. The molecular formula is C20H18FN3O2S. The minimum Gasteiger partial charge on any atom is -0.497 e. The van der Waals surface area contributed by atoms with Crippen molar-refractivity contribution in [1.29, 1.82) is 0 Å². The average molecular weight is 383 g/mol. The van der Waals surface area contributed by atoms with Crippen molar-refractivity contribution in [3.63, 3.8) is 0 Å². The molecule has 27 heavy (non-hydrogen) atoms. The standard InChI is InChI=1S/C20H18FN3O2S/c1-13-6-7-15(11-17(13)21)22-19(25)12-27-20-9-8-18(23-24-20)14-4-3-5-16(10-14)26-2/h3-11H,12H2,1-2H3,(H,22,25). The third-order valence-corrected chi connectivity index (χ3v) is 4.73. The molecule has 0 spiro atoms. The zero-order valence-electron chi connectivity index (χ0n) is 14.9. The van der Waals surface area contributed by atoms with Crippen molar-refractivity contribution in [2.24, 2.45) is 0 Å². The predicted molar refractivity (Wildman–Crippen MR) is 105 cm³/mol. The minimum absolute atomic E-state index is 0.155. The van der Waals surface area contributed by atoms with E-state index >= 15 is 0 Å². The Labute approximate surface area is 161 Å². The van der Waals surface area contributed by atoms with Gasteiger partial charge in [-0.05, 0) is 48.9 Å². The van der Waals surface area contributed by atoms with Gasteiger partial charge < -0.3 is 10.1 Å². The Kier molecular flexibility index (Phi) is 6.03. The van der Waals surface area contributed by atoms with E-state index in [0.717, 1.165) is 17.0 Å². The van der Waals surface area contributed by atoms with Crippen molar-refractivity contribution in [1.82, 2.24) is 10.2 Å². The maximum absolute atomic E-state index is 13.5. The Bertz CT molecular complexity index is 948. The molecule has 3 aromatic rings. The fraction of sp³-hybridized carbons (Fsp3) is 0.150. The number of halogens is 1. The summed E-state index contributed by atoms with van der Waals surface area (Å²) in [5, 5.41) is 11.6. The molecule has 138 valence electrons. The van der Waals surface area contributed by atoms with Gasteiger partial charge in [-0.15, -0.1) is 10.2 Å². The number of nitrogens with zero attached hydrogens (tertiary/aromatic N) is 2. The molecule has 0 unspecified atom stereocenters. The molecule has 1 heterocycles. The highest BCUT2D eigenvalue weighted by Gasteiger charge is 2.08. The third kappa shape index (κ3) is 5.04. The fourth-order valence-corrected chi connectivity index (χ4v) is 2.95. The number of amides is 1. The average Bonchev–Trinajstić information content (AvgIpc) is 2.69. The van der Waals surface area contributed by atoms with E-state index in [2.05, 4.69) is 15.5 Å². The summed E-state index contributed by atoms with van der Waals surface area (Å²) in [7, 11) is 1.61. The first-order valence-electron chi connectivity index (χ1n) is 8.22. The van der Waals surface area contributed by atoms with Crippen LogP contribution in [0.15, 0.2) is 59.6 Å². The van der Waals surface area contributed by atoms with E-state index in [1.807, 2.05) is 36.4 Å². The zero-order chi connectivity index (χ0) is 19.2. The lowest BCUT2D eigenvalue weighted by atomic mass is 10.1. The summed E-state index contributed by atoms with van der Waals surface area (Å²) in [6.07, 6.45) is 0. The summed E-state index contributed by atoms with van der Waals surface area (Å²) in [5.74, 6) is 0.321. The molecule has 1 aromatic heterocycles. The largest absolute Gasteiger partial charge is 0.497 e. The molecule has 0 radical (unpaired) electrons. The molecule has 0 bridgehead atoms. The van der Waals surface area contributed by atoms with Gasteiger partial charge in [-0.2, -0.15) is 0 Å². The van der Waals surface area contributed by atoms with Crippen molar-refractivity contribution in [3.05, 3.63) is 66.0 Å². The van der Waals surface area contributed by atoms with Gasteiger partial charge in [-0.3, -0.25) is 4.79 Å². The molecule has 1 amide bonds. The third-order valence-electron chi connectivity index (χ3n) is 3.81. The quantitative estimate of drug-likeness (QED) is 0.642. The molecule has 0 saturated heterocycles. The highest BCUT2D eigenvalue weighted by Crippen LogP contribution is 2.23. The lowest BCUT2D eigenvalue weighted by Gasteiger charge is -2.06. The number of rotatable bonds is 6. The monoisotopic (exact) mass is 383 g/mol. The molecule has 0 aliphatic carbocycles. The number of carbonyl (C=O) groups excluding carboxylic acids is 1.